The van der Waals surface area contributed by atoms with E-state index in [2.05, 4.69) is 11.7 Å². The Bertz CT molecular complexity index is 355. The molecule has 4 heteroatoms. The summed E-state index contributed by atoms with van der Waals surface area (Å²) in [5.74, 6) is -0.315. The first kappa shape index (κ1) is 15.9. The maximum atomic E-state index is 11.3. The van der Waals surface area contributed by atoms with Crippen molar-refractivity contribution in [1.82, 2.24) is 0 Å². The third-order valence-corrected chi connectivity index (χ3v) is 2.60. The van der Waals surface area contributed by atoms with Crippen LogP contribution in [0.4, 0.5) is 0 Å². The predicted octanol–water partition coefficient (Wildman–Crippen LogP) is 3.09. The van der Waals surface area contributed by atoms with Gasteiger partial charge in [0.2, 0.25) is 0 Å². The number of rotatable bonds is 5. The highest BCUT2D eigenvalue weighted by atomic mass is 35.5. The van der Waals surface area contributed by atoms with Gasteiger partial charge in [-0.3, -0.25) is 0 Å². The summed E-state index contributed by atoms with van der Waals surface area (Å²) in [5, 5.41) is 0. The van der Waals surface area contributed by atoms with Gasteiger partial charge in [0.1, 0.15) is 0 Å². The third-order valence-electron chi connectivity index (χ3n) is 2.60. The topological polar surface area (TPSA) is 52.3 Å². The van der Waals surface area contributed by atoms with Crippen LogP contribution in [0.3, 0.4) is 0 Å². The van der Waals surface area contributed by atoms with E-state index in [9.17, 15) is 4.79 Å². The minimum Gasteiger partial charge on any atom is -0.465 e. The number of carbonyl (C=O) groups is 1. The highest BCUT2D eigenvalue weighted by Gasteiger charge is 2.09. The summed E-state index contributed by atoms with van der Waals surface area (Å²) in [4.78, 5) is 11.3. The quantitative estimate of drug-likeness (QED) is 0.825. The van der Waals surface area contributed by atoms with Crippen molar-refractivity contribution < 1.29 is 9.53 Å². The van der Waals surface area contributed by atoms with Gasteiger partial charge in [0, 0.05) is 6.04 Å². The molecule has 0 aromatic heterocycles. The summed E-state index contributed by atoms with van der Waals surface area (Å²) in [6.07, 6.45) is 3.18. The number of nitrogens with two attached hydrogens (primary N) is 1. The Morgan fingerprint density at radius 2 is 2.18 bits per heavy atom. The Labute approximate surface area is 109 Å². The Hall–Kier alpha value is -1.06. The van der Waals surface area contributed by atoms with Crippen LogP contribution in [0.2, 0.25) is 0 Å². The molecule has 0 saturated carbocycles. The van der Waals surface area contributed by atoms with Gasteiger partial charge < -0.3 is 10.5 Å². The number of halogens is 1. The van der Waals surface area contributed by atoms with E-state index in [-0.39, 0.29) is 24.4 Å². The minimum atomic E-state index is -0.315. The number of esters is 1. The lowest BCUT2D eigenvalue weighted by molar-refractivity contribution is 0.0600. The smallest absolute Gasteiger partial charge is 0.337 e. The van der Waals surface area contributed by atoms with E-state index >= 15 is 0 Å². The van der Waals surface area contributed by atoms with Crippen LogP contribution in [-0.4, -0.2) is 13.1 Å². The van der Waals surface area contributed by atoms with Gasteiger partial charge in [-0.05, 0) is 24.1 Å². The molecule has 0 saturated heterocycles. The summed E-state index contributed by atoms with van der Waals surface area (Å²) in [5.41, 5.74) is 7.60. The van der Waals surface area contributed by atoms with Crippen LogP contribution in [0.5, 0.6) is 0 Å². The zero-order valence-corrected chi connectivity index (χ0v) is 11.1. The standard InChI is InChI=1S/C13H19NO2.ClH/c1-3-4-8-12(14)10-6-5-7-11(9-10)13(15)16-2;/h5-7,9,12H,3-4,8,14H2,1-2H3;1H/t12-;/m0./s1. The molecule has 0 fully saturated rings. The third kappa shape index (κ3) is 4.75. The van der Waals surface area contributed by atoms with Crippen molar-refractivity contribution in [1.29, 1.82) is 0 Å². The van der Waals surface area contributed by atoms with Gasteiger partial charge in [-0.1, -0.05) is 31.9 Å². The zero-order valence-electron chi connectivity index (χ0n) is 10.3. The molecule has 0 aliphatic rings. The largest absolute Gasteiger partial charge is 0.465 e. The Balaban J connectivity index is 0.00000256. The number of carbonyl (C=O) groups excluding carboxylic acids is 1. The molecular formula is C13H20ClNO2. The lowest BCUT2D eigenvalue weighted by Crippen LogP contribution is -2.11. The first-order chi connectivity index (χ1) is 7.69. The molecule has 0 aliphatic heterocycles. The molecule has 0 bridgehead atoms. The van der Waals surface area contributed by atoms with Crippen molar-refractivity contribution in [3.63, 3.8) is 0 Å². The summed E-state index contributed by atoms with van der Waals surface area (Å²) in [6, 6.07) is 7.35. The molecule has 0 heterocycles. The average molecular weight is 258 g/mol. The maximum Gasteiger partial charge on any atom is 0.337 e. The molecule has 0 aliphatic carbocycles. The van der Waals surface area contributed by atoms with Crippen molar-refractivity contribution in [2.24, 2.45) is 5.73 Å². The van der Waals surface area contributed by atoms with E-state index in [1.165, 1.54) is 7.11 Å². The van der Waals surface area contributed by atoms with Crippen LogP contribution in [0.1, 0.15) is 48.1 Å². The highest BCUT2D eigenvalue weighted by Crippen LogP contribution is 2.18. The molecule has 1 aromatic carbocycles. The summed E-state index contributed by atoms with van der Waals surface area (Å²) >= 11 is 0. The van der Waals surface area contributed by atoms with E-state index < -0.39 is 0 Å². The number of unbranched alkanes of at least 4 members (excludes halogenated alkanes) is 1. The Morgan fingerprint density at radius 3 is 2.76 bits per heavy atom. The van der Waals surface area contributed by atoms with E-state index in [0.29, 0.717) is 5.56 Å². The van der Waals surface area contributed by atoms with E-state index in [1.807, 2.05) is 18.2 Å². The number of hydrogen-bond acceptors (Lipinski definition) is 3. The van der Waals surface area contributed by atoms with Crippen LogP contribution < -0.4 is 5.73 Å². The number of ether oxygens (including phenoxy) is 1. The molecule has 96 valence electrons. The van der Waals surface area contributed by atoms with Crippen molar-refractivity contribution in [2.75, 3.05) is 7.11 Å². The number of methoxy groups -OCH3 is 1. The fourth-order valence-corrected chi connectivity index (χ4v) is 1.60. The number of benzene rings is 1. The Kier molecular flexibility index (Phi) is 7.59. The SMILES string of the molecule is CCCC[C@H](N)c1cccc(C(=O)OC)c1.Cl. The molecule has 1 rings (SSSR count). The van der Waals surface area contributed by atoms with Crippen LogP contribution >= 0.6 is 12.4 Å². The summed E-state index contributed by atoms with van der Waals surface area (Å²) in [7, 11) is 1.38. The molecule has 3 nitrogen and oxygen atoms in total. The van der Waals surface area contributed by atoms with Gasteiger partial charge in [-0.25, -0.2) is 4.79 Å². The van der Waals surface area contributed by atoms with E-state index in [1.54, 1.807) is 6.07 Å². The second-order valence-corrected chi connectivity index (χ2v) is 3.87. The van der Waals surface area contributed by atoms with Crippen LogP contribution in [-0.2, 0) is 4.74 Å². The monoisotopic (exact) mass is 257 g/mol. The first-order valence-electron chi connectivity index (χ1n) is 5.63. The molecule has 0 unspecified atom stereocenters. The van der Waals surface area contributed by atoms with Crippen molar-refractivity contribution in [3.8, 4) is 0 Å². The van der Waals surface area contributed by atoms with Crippen molar-refractivity contribution in [3.05, 3.63) is 35.4 Å². The normalized spacial score (nSPS) is 11.5. The molecular weight excluding hydrogens is 238 g/mol. The van der Waals surface area contributed by atoms with Gasteiger partial charge in [0.05, 0.1) is 12.7 Å². The van der Waals surface area contributed by atoms with Gasteiger partial charge in [-0.15, -0.1) is 12.4 Å². The van der Waals surface area contributed by atoms with Gasteiger partial charge >= 0.3 is 5.97 Å². The molecule has 17 heavy (non-hydrogen) atoms. The molecule has 0 amide bonds. The highest BCUT2D eigenvalue weighted by molar-refractivity contribution is 5.89. The lowest BCUT2D eigenvalue weighted by Gasteiger charge is -2.12. The fraction of sp³-hybridized carbons (Fsp3) is 0.462. The second kappa shape index (κ2) is 8.09. The molecule has 1 atom stereocenters. The van der Waals surface area contributed by atoms with Gasteiger partial charge in [-0.2, -0.15) is 0 Å². The van der Waals surface area contributed by atoms with Crippen molar-refractivity contribution in [2.45, 2.75) is 32.2 Å². The maximum absolute atomic E-state index is 11.3. The van der Waals surface area contributed by atoms with E-state index in [0.717, 1.165) is 24.8 Å². The Morgan fingerprint density at radius 1 is 1.47 bits per heavy atom. The second-order valence-electron chi connectivity index (χ2n) is 3.87. The average Bonchev–Trinajstić information content (AvgIpc) is 2.35. The van der Waals surface area contributed by atoms with Gasteiger partial charge in [0.15, 0.2) is 0 Å². The summed E-state index contributed by atoms with van der Waals surface area (Å²) < 4.78 is 4.67. The fourth-order valence-electron chi connectivity index (χ4n) is 1.60. The lowest BCUT2D eigenvalue weighted by atomic mass is 10.0. The predicted molar refractivity (Wildman–Crippen MR) is 71.5 cm³/mol. The number of hydrogen-bond donors (Lipinski definition) is 1. The van der Waals surface area contributed by atoms with Crippen LogP contribution in [0.15, 0.2) is 24.3 Å². The zero-order chi connectivity index (χ0) is 12.0. The molecule has 0 radical (unpaired) electrons. The molecule has 1 aromatic rings. The summed E-state index contributed by atoms with van der Waals surface area (Å²) in [6.45, 7) is 2.14. The first-order valence-corrected chi connectivity index (χ1v) is 5.63. The van der Waals surface area contributed by atoms with E-state index in [4.69, 9.17) is 5.73 Å². The van der Waals surface area contributed by atoms with Crippen LogP contribution in [0, 0.1) is 0 Å². The minimum absolute atomic E-state index is 0. The molecule has 0 spiro atoms. The van der Waals surface area contributed by atoms with Crippen molar-refractivity contribution >= 4 is 18.4 Å². The van der Waals surface area contributed by atoms with Gasteiger partial charge in [0.25, 0.3) is 0 Å². The van der Waals surface area contributed by atoms with Crippen LogP contribution in [0.25, 0.3) is 0 Å². The molecule has 2 N–H and O–H groups in total.